The van der Waals surface area contributed by atoms with E-state index in [1.54, 1.807) is 6.33 Å². The van der Waals surface area contributed by atoms with Crippen molar-refractivity contribution in [3.8, 4) is 0 Å². The van der Waals surface area contributed by atoms with Crippen LogP contribution in [0.4, 0.5) is 0 Å². The van der Waals surface area contributed by atoms with Gasteiger partial charge in [0.05, 0.1) is 12.6 Å². The van der Waals surface area contributed by atoms with Gasteiger partial charge in [0, 0.05) is 31.1 Å². The van der Waals surface area contributed by atoms with Crippen LogP contribution in [0, 0.1) is 0 Å². The number of nitrogens with one attached hydrogen (secondary N) is 2. The summed E-state index contributed by atoms with van der Waals surface area (Å²) in [4.78, 5) is 7.24. The predicted octanol–water partition coefficient (Wildman–Crippen LogP) is 3.92. The predicted molar refractivity (Wildman–Crippen MR) is 140 cm³/mol. The van der Waals surface area contributed by atoms with Gasteiger partial charge in [-0.1, -0.05) is 56.6 Å². The maximum atomic E-state index is 6.51. The molecule has 2 rings (SSSR count). The highest BCUT2D eigenvalue weighted by atomic mass is 127. The number of hydrogen-bond acceptors (Lipinski definition) is 4. The third-order valence-electron chi connectivity index (χ3n) is 5.01. The topological polar surface area (TPSA) is 70.4 Å². The Morgan fingerprint density at radius 1 is 1.26 bits per heavy atom. The summed E-state index contributed by atoms with van der Waals surface area (Å²) < 4.78 is 2.06. The summed E-state index contributed by atoms with van der Waals surface area (Å²) >= 11 is 6.51. The SMILES string of the molecule is C=CCNC(=NCC(c1ccccc1Cl)N(CC)CC)NCCn1cnnc1CC.I. The Balaban J connectivity index is 0.00000480. The molecule has 2 N–H and O–H groups in total. The van der Waals surface area contributed by atoms with Crippen molar-refractivity contribution >= 4 is 41.5 Å². The number of aryl methyl sites for hydroxylation is 1. The number of benzene rings is 1. The van der Waals surface area contributed by atoms with Crippen molar-refractivity contribution < 1.29 is 0 Å². The molecular weight excluding hydrogens is 525 g/mol. The molecule has 7 nitrogen and oxygen atoms in total. The minimum atomic E-state index is 0. The molecular formula is C22H35ClIN7. The van der Waals surface area contributed by atoms with Crippen molar-refractivity contribution in [2.45, 2.75) is 39.8 Å². The lowest BCUT2D eigenvalue weighted by molar-refractivity contribution is 0.224. The van der Waals surface area contributed by atoms with Gasteiger partial charge >= 0.3 is 0 Å². The van der Waals surface area contributed by atoms with Gasteiger partial charge in [-0.15, -0.1) is 40.8 Å². The molecule has 0 aliphatic heterocycles. The number of guanidine groups is 1. The summed E-state index contributed by atoms with van der Waals surface area (Å²) in [6, 6.07) is 8.13. The Labute approximate surface area is 208 Å². The van der Waals surface area contributed by atoms with E-state index in [1.165, 1.54) is 0 Å². The van der Waals surface area contributed by atoms with Gasteiger partial charge < -0.3 is 15.2 Å². The molecule has 31 heavy (non-hydrogen) atoms. The molecule has 0 saturated heterocycles. The molecule has 0 spiro atoms. The Bertz CT molecular complexity index is 805. The van der Waals surface area contributed by atoms with Crippen LogP contribution >= 0.6 is 35.6 Å². The highest BCUT2D eigenvalue weighted by Gasteiger charge is 2.20. The van der Waals surface area contributed by atoms with Crippen LogP contribution in [-0.2, 0) is 13.0 Å². The zero-order chi connectivity index (χ0) is 21.8. The molecule has 1 heterocycles. The Kier molecular flexibility index (Phi) is 13.4. The number of nitrogens with zero attached hydrogens (tertiary/aromatic N) is 5. The summed E-state index contributed by atoms with van der Waals surface area (Å²) in [5.41, 5.74) is 1.10. The molecule has 0 amide bonds. The van der Waals surface area contributed by atoms with E-state index in [9.17, 15) is 0 Å². The molecule has 1 unspecified atom stereocenters. The molecule has 0 saturated carbocycles. The largest absolute Gasteiger partial charge is 0.355 e. The van der Waals surface area contributed by atoms with Crippen LogP contribution < -0.4 is 10.6 Å². The highest BCUT2D eigenvalue weighted by Crippen LogP contribution is 2.27. The second-order valence-electron chi connectivity index (χ2n) is 6.84. The van der Waals surface area contributed by atoms with Crippen molar-refractivity contribution in [1.82, 2.24) is 30.3 Å². The molecule has 9 heteroatoms. The average molecular weight is 560 g/mol. The molecule has 0 fully saturated rings. The van der Waals surface area contributed by atoms with Crippen LogP contribution in [0.25, 0.3) is 0 Å². The number of aliphatic imine (C=N–C) groups is 1. The average Bonchev–Trinajstić information content (AvgIpc) is 3.22. The van der Waals surface area contributed by atoms with Crippen LogP contribution in [-0.4, -0.2) is 58.3 Å². The van der Waals surface area contributed by atoms with E-state index >= 15 is 0 Å². The third kappa shape index (κ3) is 8.42. The first kappa shape index (κ1) is 27.4. The van der Waals surface area contributed by atoms with E-state index in [0.717, 1.165) is 55.0 Å². The lowest BCUT2D eigenvalue weighted by atomic mass is 10.1. The third-order valence-corrected chi connectivity index (χ3v) is 5.35. The van der Waals surface area contributed by atoms with Gasteiger partial charge in [-0.3, -0.25) is 9.89 Å². The van der Waals surface area contributed by atoms with Gasteiger partial charge in [-0.05, 0) is 24.7 Å². The van der Waals surface area contributed by atoms with E-state index in [-0.39, 0.29) is 30.0 Å². The fraction of sp³-hybridized carbons (Fsp3) is 0.500. The van der Waals surface area contributed by atoms with Gasteiger partial charge in [-0.25, -0.2) is 0 Å². The lowest BCUT2D eigenvalue weighted by Crippen LogP contribution is -2.40. The minimum Gasteiger partial charge on any atom is -0.355 e. The summed E-state index contributed by atoms with van der Waals surface area (Å²) in [6.45, 7) is 14.8. The van der Waals surface area contributed by atoms with Gasteiger partial charge in [0.1, 0.15) is 12.2 Å². The fourth-order valence-corrected chi connectivity index (χ4v) is 3.64. The Morgan fingerprint density at radius 2 is 2.00 bits per heavy atom. The molecule has 172 valence electrons. The van der Waals surface area contributed by atoms with Gasteiger partial charge in [0.25, 0.3) is 0 Å². The van der Waals surface area contributed by atoms with Crippen LogP contribution in [0.5, 0.6) is 0 Å². The monoisotopic (exact) mass is 559 g/mol. The Hall–Kier alpha value is -1.65. The van der Waals surface area contributed by atoms with Gasteiger partial charge in [0.2, 0.25) is 0 Å². The molecule has 1 aromatic carbocycles. The molecule has 0 bridgehead atoms. The quantitative estimate of drug-likeness (QED) is 0.179. The molecule has 1 aromatic heterocycles. The number of likely N-dealkylation sites (N-methyl/N-ethyl adjacent to an activating group) is 1. The van der Waals surface area contributed by atoms with Crippen LogP contribution in [0.2, 0.25) is 5.02 Å². The zero-order valence-corrected chi connectivity index (χ0v) is 21.8. The zero-order valence-electron chi connectivity index (χ0n) is 18.7. The van der Waals surface area contributed by atoms with Crippen molar-refractivity contribution in [3.05, 3.63) is 59.7 Å². The summed E-state index contributed by atoms with van der Waals surface area (Å²) in [5, 5.41) is 15.6. The van der Waals surface area contributed by atoms with Crippen molar-refractivity contribution in [2.24, 2.45) is 4.99 Å². The smallest absolute Gasteiger partial charge is 0.191 e. The number of halogens is 2. The van der Waals surface area contributed by atoms with Crippen LogP contribution in [0.1, 0.15) is 38.2 Å². The summed E-state index contributed by atoms with van der Waals surface area (Å²) in [7, 11) is 0. The normalized spacial score (nSPS) is 12.4. The second-order valence-corrected chi connectivity index (χ2v) is 7.25. The van der Waals surface area contributed by atoms with Gasteiger partial charge in [-0.2, -0.15) is 0 Å². The number of rotatable bonds is 12. The number of hydrogen-bond donors (Lipinski definition) is 2. The maximum absolute atomic E-state index is 6.51. The van der Waals surface area contributed by atoms with Crippen LogP contribution in [0.15, 0.2) is 48.2 Å². The highest BCUT2D eigenvalue weighted by molar-refractivity contribution is 14.0. The fourth-order valence-electron chi connectivity index (χ4n) is 3.38. The van der Waals surface area contributed by atoms with Crippen LogP contribution in [0.3, 0.4) is 0 Å². The van der Waals surface area contributed by atoms with Crippen molar-refractivity contribution in [3.63, 3.8) is 0 Å². The Morgan fingerprint density at radius 3 is 2.65 bits per heavy atom. The van der Waals surface area contributed by atoms with Gasteiger partial charge in [0.15, 0.2) is 5.96 Å². The number of aromatic nitrogens is 3. The van der Waals surface area contributed by atoms with Crippen molar-refractivity contribution in [1.29, 1.82) is 0 Å². The molecule has 0 aliphatic carbocycles. The molecule has 0 radical (unpaired) electrons. The van der Waals surface area contributed by atoms with E-state index < -0.39 is 0 Å². The first-order valence-electron chi connectivity index (χ1n) is 10.6. The van der Waals surface area contributed by atoms with Crippen molar-refractivity contribution in [2.75, 3.05) is 32.7 Å². The molecule has 0 aliphatic rings. The first-order chi connectivity index (χ1) is 14.6. The first-order valence-corrected chi connectivity index (χ1v) is 11.0. The van der Waals surface area contributed by atoms with E-state index in [4.69, 9.17) is 16.6 Å². The van der Waals surface area contributed by atoms with E-state index in [2.05, 4.69) is 63.7 Å². The lowest BCUT2D eigenvalue weighted by Gasteiger charge is -2.29. The maximum Gasteiger partial charge on any atom is 0.191 e. The molecule has 1 atom stereocenters. The summed E-state index contributed by atoms with van der Waals surface area (Å²) in [6.07, 6.45) is 4.45. The van der Waals surface area contributed by atoms with E-state index in [0.29, 0.717) is 13.1 Å². The minimum absolute atomic E-state index is 0. The molecule has 2 aromatic rings. The van der Waals surface area contributed by atoms with E-state index in [1.807, 2.05) is 24.3 Å². The standard InChI is InChI=1S/C22H34ClN7.HI/c1-5-13-24-22(25-14-15-30-17-27-28-21(30)6-2)26-16-20(29(7-3)8-4)18-11-9-10-12-19(18)23;/h5,9-12,17,20H,1,6-8,13-16H2,2-4H3,(H2,24,25,26);1H. The summed E-state index contributed by atoms with van der Waals surface area (Å²) in [5.74, 6) is 1.74. The second kappa shape index (κ2) is 15.2.